The van der Waals surface area contributed by atoms with Gasteiger partial charge in [-0.1, -0.05) is 6.42 Å². The normalized spacial score (nSPS) is 30.0. The minimum Gasteiger partial charge on any atom is -0.479 e. The molecule has 0 aliphatic carbocycles. The van der Waals surface area contributed by atoms with Gasteiger partial charge in [-0.25, -0.2) is 18.0 Å². The number of thioether (sulfide) groups is 1. The first-order chi connectivity index (χ1) is 33.1. The van der Waals surface area contributed by atoms with Gasteiger partial charge < -0.3 is 84.9 Å². The lowest BCUT2D eigenvalue weighted by Crippen LogP contribution is -2.68. The van der Waals surface area contributed by atoms with E-state index in [1.165, 1.54) is 0 Å². The number of nitrogens with one attached hydrogen (secondary N) is 5. The third kappa shape index (κ3) is 20.7. The van der Waals surface area contributed by atoms with Crippen LogP contribution >= 0.6 is 11.8 Å². The molecule has 0 aromatic carbocycles. The topological polar surface area (TPSA) is 427 Å². The number of amides is 5. The molecule has 4 fully saturated rings. The Hall–Kier alpha value is -3.20. The van der Waals surface area contributed by atoms with E-state index in [0.717, 1.165) is 31.9 Å². The first-order valence-corrected chi connectivity index (χ1v) is 25.8. The number of rotatable bonds is 33. The molecule has 4 aliphatic rings. The molecule has 4 rings (SSSR count). The molecule has 0 aromatic rings. The van der Waals surface area contributed by atoms with Crippen LogP contribution < -0.4 is 26.6 Å². The van der Waals surface area contributed by atoms with Crippen molar-refractivity contribution < 1.29 is 117 Å². The zero-order valence-corrected chi connectivity index (χ0v) is 40.3. The Balaban J connectivity index is 1.02. The maximum atomic E-state index is 12.3. The van der Waals surface area contributed by atoms with E-state index in [2.05, 4.69) is 35.0 Å². The van der Waals surface area contributed by atoms with E-state index >= 15 is 0 Å². The van der Waals surface area contributed by atoms with Gasteiger partial charge >= 0.3 is 32.8 Å². The first kappa shape index (κ1) is 59.4. The summed E-state index contributed by atoms with van der Waals surface area (Å²) in [5.41, 5.74) is 0. The van der Waals surface area contributed by atoms with Gasteiger partial charge in [0.15, 0.2) is 18.7 Å². The molecule has 30 nitrogen and oxygen atoms in total. The Bertz CT molecular complexity index is 1910. The largest absolute Gasteiger partial charge is 0.479 e. The van der Waals surface area contributed by atoms with Crippen molar-refractivity contribution in [2.24, 2.45) is 0 Å². The minimum absolute atomic E-state index is 0.0321. The molecule has 4 aliphatic heterocycles. The highest BCUT2D eigenvalue weighted by molar-refractivity contribution is 8.00. The number of aliphatic hydroxyl groups excluding tert-OH is 3. The van der Waals surface area contributed by atoms with Crippen molar-refractivity contribution in [3.05, 3.63) is 0 Å². The Kier molecular flexibility index (Phi) is 25.0. The van der Waals surface area contributed by atoms with Gasteiger partial charge in [0.25, 0.3) is 0 Å². The summed E-state index contributed by atoms with van der Waals surface area (Å²) in [6.45, 7) is 1.55. The average molecular weight is 1070 g/mol. The summed E-state index contributed by atoms with van der Waals surface area (Å²) in [6, 6.07) is -1.64. The third-order valence-electron chi connectivity index (χ3n) is 10.7. The number of aliphatic hydroxyl groups is 3. The summed E-state index contributed by atoms with van der Waals surface area (Å²) in [4.78, 5) is 60.1. The monoisotopic (exact) mass is 1070 g/mol. The van der Waals surface area contributed by atoms with Crippen molar-refractivity contribution in [2.75, 3.05) is 84.9 Å². The lowest BCUT2D eigenvalue weighted by molar-refractivity contribution is -0.339. The number of hydrogen-bond donors (Lipinski definition) is 11. The number of carbonyl (C=O) groups is 5. The zero-order valence-electron chi connectivity index (χ0n) is 37.9. The molecule has 404 valence electrons. The van der Waals surface area contributed by atoms with Crippen LogP contribution in [0, 0.1) is 0 Å². The second-order valence-corrected chi connectivity index (χ2v) is 19.4. The van der Waals surface area contributed by atoms with Crippen molar-refractivity contribution >= 4 is 62.3 Å². The molecule has 0 bridgehead atoms. The number of carbonyl (C=O) groups excluding carboxylic acids is 4. The van der Waals surface area contributed by atoms with Gasteiger partial charge in [-0.05, 0) is 12.8 Å². The molecular formula is C37H63N5O25S3. The summed E-state index contributed by atoms with van der Waals surface area (Å²) in [5.74, 6) is -2.29. The number of aliphatic carboxylic acids is 1. The Morgan fingerprint density at radius 1 is 0.743 bits per heavy atom. The third-order valence-corrected chi connectivity index (χ3v) is 13.1. The van der Waals surface area contributed by atoms with Gasteiger partial charge in [0.2, 0.25) is 17.7 Å². The molecule has 11 N–H and O–H groups in total. The fraction of sp³-hybridized carbons (Fsp3) is 0.865. The van der Waals surface area contributed by atoms with Gasteiger partial charge in [0.1, 0.15) is 42.7 Å². The number of urea groups is 1. The molecule has 4 saturated heterocycles. The predicted molar refractivity (Wildman–Crippen MR) is 233 cm³/mol. The van der Waals surface area contributed by atoms with Gasteiger partial charge in [-0.15, -0.1) is 0 Å². The highest BCUT2D eigenvalue weighted by Crippen LogP contribution is 2.34. The van der Waals surface area contributed by atoms with Crippen LogP contribution in [0.3, 0.4) is 0 Å². The summed E-state index contributed by atoms with van der Waals surface area (Å²) in [6.07, 6.45) is -16.0. The molecule has 13 atom stereocenters. The number of unbranched alkanes of at least 4 members (excludes halogenated alkanes) is 1. The van der Waals surface area contributed by atoms with Crippen LogP contribution in [0.4, 0.5) is 4.79 Å². The Morgan fingerprint density at radius 3 is 1.97 bits per heavy atom. The maximum absolute atomic E-state index is 12.3. The molecule has 0 saturated carbocycles. The highest BCUT2D eigenvalue weighted by Gasteiger charge is 2.55. The fourth-order valence-corrected chi connectivity index (χ4v) is 9.83. The number of ether oxygens (including phenoxy) is 8. The predicted octanol–water partition coefficient (Wildman–Crippen LogP) is -5.07. The van der Waals surface area contributed by atoms with Crippen LogP contribution in [0.25, 0.3) is 0 Å². The fourth-order valence-electron chi connectivity index (χ4n) is 7.46. The smallest absolute Gasteiger partial charge is 0.397 e. The summed E-state index contributed by atoms with van der Waals surface area (Å²) < 4.78 is 116. The lowest BCUT2D eigenvalue weighted by Gasteiger charge is -2.47. The van der Waals surface area contributed by atoms with Gasteiger partial charge in [-0.3, -0.25) is 23.5 Å². The molecule has 0 aromatic heterocycles. The molecule has 0 spiro atoms. The van der Waals surface area contributed by atoms with Crippen LogP contribution in [0.2, 0.25) is 0 Å². The van der Waals surface area contributed by atoms with E-state index in [9.17, 15) is 65.8 Å². The van der Waals surface area contributed by atoms with E-state index in [1.54, 1.807) is 0 Å². The first-order valence-electron chi connectivity index (χ1n) is 22.1. The van der Waals surface area contributed by atoms with Crippen LogP contribution in [-0.4, -0.2) is 240 Å². The minimum atomic E-state index is -5.41. The van der Waals surface area contributed by atoms with Crippen molar-refractivity contribution in [1.29, 1.82) is 0 Å². The summed E-state index contributed by atoms with van der Waals surface area (Å²) in [5, 5.41) is 56.3. The standard InChI is InChI=1S/C37H63N5O25S3/c1-20(43)40-27-28(46)31(67-70(55,56)57)22(18-63-69(52,53)54)64-35(27)65-32-29(47)30(48)36(66-33(32)34(49)50)62-11-8-39-25(45)6-9-58-12-14-60-16-17-61-15-13-59-10-7-38-24(44)5-3-2-4-23-26-21(19-68-23)41-37(51)42-26/h21-23,26-33,35-36,46-48H,2-19H2,1H3,(H,38,44)(H,39,45)(H,40,43)(H,49,50)(H2,41,42,51)(H,52,53,54)(H,55,56,57)/t21-,22+,23-,26-,27+,28+,29+,30+,31-,32-,33-,35-,36+/m0/s1. The van der Waals surface area contributed by atoms with Crippen molar-refractivity contribution in [3.8, 4) is 0 Å². The van der Waals surface area contributed by atoms with E-state index in [4.69, 9.17) is 42.4 Å². The van der Waals surface area contributed by atoms with Crippen LogP contribution in [0.5, 0.6) is 0 Å². The lowest BCUT2D eigenvalue weighted by atomic mass is 9.95. The molecule has 5 amide bonds. The molecular weight excluding hydrogens is 1010 g/mol. The van der Waals surface area contributed by atoms with Crippen LogP contribution in [0.15, 0.2) is 0 Å². The average Bonchev–Trinajstić information content (AvgIpc) is 3.84. The second-order valence-electron chi connectivity index (χ2n) is 15.9. The second kappa shape index (κ2) is 29.5. The Labute approximate surface area is 407 Å². The van der Waals surface area contributed by atoms with E-state index in [1.807, 2.05) is 11.8 Å². The maximum Gasteiger partial charge on any atom is 0.397 e. The Morgan fingerprint density at radius 2 is 1.36 bits per heavy atom. The van der Waals surface area contributed by atoms with E-state index in [0.29, 0.717) is 44.6 Å². The molecule has 0 radical (unpaired) electrons. The SMILES string of the molecule is CC(=O)N[C@H]1[C@H](O[C@H]2[C@H](O)[C@@H](O)[C@H](OCCNC(=O)CCOCCOCCOCCOCCNC(=O)CCCC[C@@H]3SC[C@@H]4NC(=O)N[C@@H]43)O[C@@H]2C(=O)O)O[C@H](COS(=O)(=O)O)[C@H](OS(=O)(=O)O)[C@@H]1O. The van der Waals surface area contributed by atoms with Gasteiger partial charge in [0.05, 0.1) is 78.2 Å². The van der Waals surface area contributed by atoms with Crippen LogP contribution in [0.1, 0.15) is 39.0 Å². The van der Waals surface area contributed by atoms with Crippen molar-refractivity contribution in [2.45, 2.75) is 118 Å². The van der Waals surface area contributed by atoms with Crippen LogP contribution in [-0.2, 0) is 86.2 Å². The summed E-state index contributed by atoms with van der Waals surface area (Å²) >= 11 is 1.85. The van der Waals surface area contributed by atoms with Gasteiger partial charge in [-0.2, -0.15) is 28.6 Å². The van der Waals surface area contributed by atoms with E-state index in [-0.39, 0.29) is 70.0 Å². The van der Waals surface area contributed by atoms with Gasteiger partial charge in [0, 0.05) is 43.9 Å². The number of fused-ring (bicyclic) bond motifs is 1. The highest BCUT2D eigenvalue weighted by atomic mass is 32.3. The molecule has 0 unspecified atom stereocenters. The van der Waals surface area contributed by atoms with Crippen molar-refractivity contribution in [3.63, 3.8) is 0 Å². The molecule has 70 heavy (non-hydrogen) atoms. The van der Waals surface area contributed by atoms with Crippen molar-refractivity contribution in [1.82, 2.24) is 26.6 Å². The summed E-state index contributed by atoms with van der Waals surface area (Å²) in [7, 11) is -10.6. The molecule has 4 heterocycles. The molecule has 33 heteroatoms. The number of carboxylic acids is 1. The number of hydrogen-bond acceptors (Lipinski definition) is 23. The quantitative estimate of drug-likeness (QED) is 0.0166. The van der Waals surface area contributed by atoms with E-state index < -0.39 is 107 Å². The zero-order chi connectivity index (χ0) is 51.4. The number of carboxylic acid groups (broad SMARTS) is 1.